The van der Waals surface area contributed by atoms with Crippen LogP contribution in [0.15, 0.2) is 23.4 Å². The van der Waals surface area contributed by atoms with Crippen LogP contribution in [0.5, 0.6) is 0 Å². The van der Waals surface area contributed by atoms with Crippen molar-refractivity contribution in [3.8, 4) is 0 Å². The van der Waals surface area contributed by atoms with Gasteiger partial charge < -0.3 is 10.6 Å². The average Bonchev–Trinajstić information content (AvgIpc) is 2.24. The topological polar surface area (TPSA) is 77.6 Å². The van der Waals surface area contributed by atoms with Crippen LogP contribution < -0.4 is 5.73 Å². The molecule has 1 aromatic rings. The van der Waals surface area contributed by atoms with E-state index < -0.39 is 0 Å². The molecule has 5 nitrogen and oxygen atoms in total. The molecular formula is C10H12N3O2. The molecular weight excluding hydrogens is 194 g/mol. The van der Waals surface area contributed by atoms with Crippen LogP contribution in [0.3, 0.4) is 0 Å². The van der Waals surface area contributed by atoms with Gasteiger partial charge in [0.1, 0.15) is 12.4 Å². The number of carbonyl (C=O) groups excluding carboxylic acids is 1. The van der Waals surface area contributed by atoms with Crippen LogP contribution in [0.4, 0.5) is 5.82 Å². The maximum atomic E-state index is 10.6. The average molecular weight is 206 g/mol. The Bertz CT molecular complexity index is 363. The molecule has 1 heterocycles. The highest BCUT2D eigenvalue weighted by Crippen LogP contribution is 2.01. The number of rotatable bonds is 5. The SMILES string of the molecule is CCCON=C([C]=O)c1cccc(N)n1. The van der Waals surface area contributed by atoms with Gasteiger partial charge in [0.2, 0.25) is 0 Å². The first-order valence-electron chi connectivity index (χ1n) is 4.59. The lowest BCUT2D eigenvalue weighted by Crippen LogP contribution is -2.07. The van der Waals surface area contributed by atoms with E-state index in [1.807, 2.05) is 6.92 Å². The van der Waals surface area contributed by atoms with Gasteiger partial charge in [-0.3, -0.25) is 4.79 Å². The van der Waals surface area contributed by atoms with Gasteiger partial charge in [-0.1, -0.05) is 18.1 Å². The number of nitrogen functional groups attached to an aromatic ring is 1. The van der Waals surface area contributed by atoms with Crippen molar-refractivity contribution >= 4 is 17.8 Å². The van der Waals surface area contributed by atoms with E-state index in [1.165, 1.54) is 0 Å². The molecule has 0 aliphatic heterocycles. The smallest absolute Gasteiger partial charge is 0.259 e. The van der Waals surface area contributed by atoms with Crippen LogP contribution in [0, 0.1) is 0 Å². The molecule has 15 heavy (non-hydrogen) atoms. The summed E-state index contributed by atoms with van der Waals surface area (Å²) in [4.78, 5) is 19.4. The standard InChI is InChI=1S/C10H12N3O2/c1-2-6-15-13-9(7-14)8-4-3-5-10(11)12-8/h3-5H,2,6H2,1H3,(H2,11,12). The van der Waals surface area contributed by atoms with Crippen molar-refractivity contribution in [2.24, 2.45) is 5.16 Å². The van der Waals surface area contributed by atoms with Gasteiger partial charge in [-0.15, -0.1) is 0 Å². The molecule has 79 valence electrons. The predicted octanol–water partition coefficient (Wildman–Crippen LogP) is 0.904. The van der Waals surface area contributed by atoms with Crippen molar-refractivity contribution in [2.75, 3.05) is 12.3 Å². The number of nitrogens with two attached hydrogens (primary N) is 1. The normalized spacial score (nSPS) is 11.1. The monoisotopic (exact) mass is 206 g/mol. The Balaban J connectivity index is 2.82. The Labute approximate surface area is 87.9 Å². The second kappa shape index (κ2) is 5.74. The number of oxime groups is 1. The molecule has 0 spiro atoms. The van der Waals surface area contributed by atoms with Crippen LogP contribution in [0.1, 0.15) is 19.0 Å². The van der Waals surface area contributed by atoms with E-state index in [-0.39, 0.29) is 5.71 Å². The van der Waals surface area contributed by atoms with Crippen LogP contribution >= 0.6 is 0 Å². The van der Waals surface area contributed by atoms with Crippen molar-refractivity contribution < 1.29 is 9.63 Å². The molecule has 0 unspecified atom stereocenters. The Kier molecular flexibility index (Phi) is 4.28. The Morgan fingerprint density at radius 3 is 3.07 bits per heavy atom. The third-order valence-electron chi connectivity index (χ3n) is 1.56. The first-order chi connectivity index (χ1) is 7.27. The zero-order valence-electron chi connectivity index (χ0n) is 8.43. The van der Waals surface area contributed by atoms with E-state index in [0.717, 1.165) is 6.42 Å². The largest absolute Gasteiger partial charge is 0.395 e. The van der Waals surface area contributed by atoms with Crippen molar-refractivity contribution in [3.05, 3.63) is 23.9 Å². The van der Waals surface area contributed by atoms with Crippen LogP contribution in [-0.2, 0) is 9.63 Å². The summed E-state index contributed by atoms with van der Waals surface area (Å²) in [7, 11) is 0. The number of nitrogens with zero attached hydrogens (tertiary/aromatic N) is 2. The number of hydrogen-bond acceptors (Lipinski definition) is 5. The predicted molar refractivity (Wildman–Crippen MR) is 57.1 cm³/mol. The molecule has 0 atom stereocenters. The first kappa shape index (κ1) is 11.2. The lowest BCUT2D eigenvalue weighted by molar-refractivity contribution is 0.145. The number of pyridine rings is 1. The van der Waals surface area contributed by atoms with E-state index in [0.29, 0.717) is 18.1 Å². The second-order valence-electron chi connectivity index (χ2n) is 2.82. The lowest BCUT2D eigenvalue weighted by Gasteiger charge is -1.99. The van der Waals surface area contributed by atoms with Gasteiger partial charge in [-0.2, -0.15) is 0 Å². The van der Waals surface area contributed by atoms with E-state index in [2.05, 4.69) is 10.1 Å². The molecule has 1 radical (unpaired) electrons. The summed E-state index contributed by atoms with van der Waals surface area (Å²) >= 11 is 0. The molecule has 0 saturated heterocycles. The van der Waals surface area contributed by atoms with Crippen LogP contribution in [0.2, 0.25) is 0 Å². The second-order valence-corrected chi connectivity index (χ2v) is 2.82. The number of hydrogen-bond donors (Lipinski definition) is 1. The van der Waals surface area contributed by atoms with Gasteiger partial charge in [0.05, 0.1) is 5.69 Å². The summed E-state index contributed by atoms with van der Waals surface area (Å²) in [5, 5.41) is 3.62. The molecule has 0 bridgehead atoms. The highest BCUT2D eigenvalue weighted by molar-refractivity contribution is 6.35. The van der Waals surface area contributed by atoms with Gasteiger partial charge >= 0.3 is 0 Å². The molecule has 0 saturated carbocycles. The highest BCUT2D eigenvalue weighted by Gasteiger charge is 2.05. The third kappa shape index (κ3) is 3.38. The minimum Gasteiger partial charge on any atom is -0.395 e. The maximum Gasteiger partial charge on any atom is 0.259 e. The summed E-state index contributed by atoms with van der Waals surface area (Å²) in [6.45, 7) is 2.39. The van der Waals surface area contributed by atoms with Crippen molar-refractivity contribution in [1.29, 1.82) is 0 Å². The third-order valence-corrected chi connectivity index (χ3v) is 1.56. The molecule has 0 amide bonds. The van der Waals surface area contributed by atoms with Gasteiger partial charge in [-0.25, -0.2) is 4.98 Å². The fourth-order valence-electron chi connectivity index (χ4n) is 0.903. The van der Waals surface area contributed by atoms with Crippen molar-refractivity contribution in [2.45, 2.75) is 13.3 Å². The molecule has 2 N–H and O–H groups in total. The summed E-state index contributed by atoms with van der Waals surface area (Å²) in [6.07, 6.45) is 2.48. The Hall–Kier alpha value is -1.91. The lowest BCUT2D eigenvalue weighted by atomic mass is 10.2. The quantitative estimate of drug-likeness (QED) is 0.441. The highest BCUT2D eigenvalue weighted by atomic mass is 16.6. The van der Waals surface area contributed by atoms with Crippen molar-refractivity contribution in [3.63, 3.8) is 0 Å². The van der Waals surface area contributed by atoms with E-state index in [4.69, 9.17) is 10.6 Å². The summed E-state index contributed by atoms with van der Waals surface area (Å²) < 4.78 is 0. The minimum absolute atomic E-state index is 0.0238. The van der Waals surface area contributed by atoms with Gasteiger partial charge in [0.15, 0.2) is 5.71 Å². The first-order valence-corrected chi connectivity index (χ1v) is 4.59. The molecule has 1 aromatic heterocycles. The van der Waals surface area contributed by atoms with E-state index in [1.54, 1.807) is 24.5 Å². The Morgan fingerprint density at radius 2 is 2.47 bits per heavy atom. The van der Waals surface area contributed by atoms with E-state index in [9.17, 15) is 4.79 Å². The van der Waals surface area contributed by atoms with Gasteiger partial charge in [0.25, 0.3) is 6.29 Å². The number of aromatic nitrogens is 1. The van der Waals surface area contributed by atoms with Crippen molar-refractivity contribution in [1.82, 2.24) is 4.98 Å². The van der Waals surface area contributed by atoms with Crippen LogP contribution in [0.25, 0.3) is 0 Å². The van der Waals surface area contributed by atoms with Crippen LogP contribution in [-0.4, -0.2) is 23.6 Å². The summed E-state index contributed by atoms with van der Waals surface area (Å²) in [5.74, 6) is 0.325. The molecule has 1 rings (SSSR count). The van der Waals surface area contributed by atoms with E-state index >= 15 is 0 Å². The maximum absolute atomic E-state index is 10.6. The number of anilines is 1. The molecule has 0 fully saturated rings. The zero-order valence-corrected chi connectivity index (χ0v) is 8.43. The fourth-order valence-corrected chi connectivity index (χ4v) is 0.903. The molecule has 0 aromatic carbocycles. The minimum atomic E-state index is 0.0238. The molecule has 0 aliphatic rings. The molecule has 0 aliphatic carbocycles. The van der Waals surface area contributed by atoms with Gasteiger partial charge in [-0.05, 0) is 18.6 Å². The van der Waals surface area contributed by atoms with Gasteiger partial charge in [0, 0.05) is 0 Å². The molecule has 5 heteroatoms. The summed E-state index contributed by atoms with van der Waals surface area (Å²) in [5.41, 5.74) is 5.86. The fraction of sp³-hybridized carbons (Fsp3) is 0.300. The Morgan fingerprint density at radius 1 is 1.67 bits per heavy atom. The summed E-state index contributed by atoms with van der Waals surface area (Å²) in [6, 6.07) is 4.93. The zero-order chi connectivity index (χ0) is 11.1.